The van der Waals surface area contributed by atoms with Gasteiger partial charge >= 0.3 is 0 Å². The lowest BCUT2D eigenvalue weighted by molar-refractivity contribution is 0.0376. The van der Waals surface area contributed by atoms with Crippen LogP contribution in [0, 0.1) is 6.92 Å². The second-order valence-corrected chi connectivity index (χ2v) is 10.0. The molecule has 9 heteroatoms. The van der Waals surface area contributed by atoms with Crippen LogP contribution in [-0.4, -0.2) is 61.8 Å². The molecule has 35 heavy (non-hydrogen) atoms. The predicted molar refractivity (Wildman–Crippen MR) is 147 cm³/mol. The van der Waals surface area contributed by atoms with E-state index < -0.39 is 0 Å². The smallest absolute Gasteiger partial charge is 0.260 e. The van der Waals surface area contributed by atoms with Crippen molar-refractivity contribution in [1.29, 1.82) is 0 Å². The van der Waals surface area contributed by atoms with Gasteiger partial charge < -0.3 is 9.47 Å². The SMILES string of the molecule is CCCCOc1ccc(C(=O)N(CCCN2CCOCC2)c2nc3c(C)cc(Cl)cc3s2)cc1.Cl. The van der Waals surface area contributed by atoms with E-state index in [0.29, 0.717) is 28.9 Å². The maximum Gasteiger partial charge on any atom is 0.260 e. The molecule has 1 saturated heterocycles. The number of aryl methyl sites for hydroxylation is 1. The Balaban J connectivity index is 0.00000342. The summed E-state index contributed by atoms with van der Waals surface area (Å²) in [6.07, 6.45) is 2.96. The molecule has 3 aromatic rings. The number of amides is 1. The second-order valence-electron chi connectivity index (χ2n) is 8.56. The van der Waals surface area contributed by atoms with Gasteiger partial charge in [0.2, 0.25) is 0 Å². The molecule has 0 spiro atoms. The highest BCUT2D eigenvalue weighted by Crippen LogP contribution is 2.34. The number of unbranched alkanes of at least 4 members (excludes halogenated alkanes) is 1. The molecule has 0 aliphatic carbocycles. The van der Waals surface area contributed by atoms with Crippen molar-refractivity contribution in [2.24, 2.45) is 0 Å². The molecule has 4 rings (SSSR count). The van der Waals surface area contributed by atoms with Gasteiger partial charge in [-0.3, -0.25) is 14.6 Å². The van der Waals surface area contributed by atoms with Gasteiger partial charge in [-0.05, 0) is 61.7 Å². The molecular formula is C26H33Cl2N3O3S. The lowest BCUT2D eigenvalue weighted by Crippen LogP contribution is -2.39. The number of rotatable bonds is 10. The number of aromatic nitrogens is 1. The quantitative estimate of drug-likeness (QED) is 0.287. The van der Waals surface area contributed by atoms with Crippen molar-refractivity contribution in [3.8, 4) is 5.75 Å². The van der Waals surface area contributed by atoms with Crippen molar-refractivity contribution in [1.82, 2.24) is 9.88 Å². The lowest BCUT2D eigenvalue weighted by Gasteiger charge is -2.27. The fourth-order valence-electron chi connectivity index (χ4n) is 4.00. The molecule has 2 aromatic carbocycles. The van der Waals surface area contributed by atoms with Crippen LogP contribution in [0.4, 0.5) is 5.13 Å². The van der Waals surface area contributed by atoms with Crippen LogP contribution in [-0.2, 0) is 4.74 Å². The van der Waals surface area contributed by atoms with Crippen LogP contribution >= 0.6 is 35.3 Å². The van der Waals surface area contributed by atoms with Crippen LogP contribution in [0.5, 0.6) is 5.75 Å². The number of benzene rings is 2. The van der Waals surface area contributed by atoms with Crippen LogP contribution in [0.3, 0.4) is 0 Å². The van der Waals surface area contributed by atoms with E-state index in [9.17, 15) is 4.79 Å². The van der Waals surface area contributed by atoms with Crippen LogP contribution in [0.25, 0.3) is 10.2 Å². The summed E-state index contributed by atoms with van der Waals surface area (Å²) in [4.78, 5) is 22.7. The van der Waals surface area contributed by atoms with Crippen molar-refractivity contribution >= 4 is 56.6 Å². The molecule has 0 unspecified atom stereocenters. The summed E-state index contributed by atoms with van der Waals surface area (Å²) < 4.78 is 12.2. The fraction of sp³-hybridized carbons (Fsp3) is 0.462. The second kappa shape index (κ2) is 13.4. The molecular weight excluding hydrogens is 505 g/mol. The summed E-state index contributed by atoms with van der Waals surface area (Å²) >= 11 is 7.78. The monoisotopic (exact) mass is 537 g/mol. The number of ether oxygens (including phenoxy) is 2. The molecule has 0 atom stereocenters. The van der Waals surface area contributed by atoms with E-state index in [0.717, 1.165) is 73.6 Å². The summed E-state index contributed by atoms with van der Waals surface area (Å²) in [6.45, 7) is 9.75. The predicted octanol–water partition coefficient (Wildman–Crippen LogP) is 6.23. The number of hydrogen-bond donors (Lipinski definition) is 0. The van der Waals surface area contributed by atoms with Crippen molar-refractivity contribution in [2.45, 2.75) is 33.1 Å². The van der Waals surface area contributed by atoms with Crippen LogP contribution in [0.1, 0.15) is 42.1 Å². The van der Waals surface area contributed by atoms with Gasteiger partial charge in [0.1, 0.15) is 5.75 Å². The fourth-order valence-corrected chi connectivity index (χ4v) is 5.45. The Morgan fingerprint density at radius 3 is 2.66 bits per heavy atom. The standard InChI is InChI=1S/C26H32ClN3O3S.ClH/c1-3-4-14-33-22-8-6-20(7-9-22)25(31)30(11-5-10-29-12-15-32-16-13-29)26-28-24-19(2)17-21(27)18-23(24)34-26;/h6-9,17-18H,3-5,10-16H2,1-2H3;1H. The van der Waals surface area contributed by atoms with Crippen molar-refractivity contribution in [3.05, 3.63) is 52.5 Å². The number of anilines is 1. The Bertz CT molecular complexity index is 1100. The summed E-state index contributed by atoms with van der Waals surface area (Å²) in [5.74, 6) is 0.735. The van der Waals surface area contributed by atoms with E-state index in [1.54, 1.807) is 0 Å². The van der Waals surface area contributed by atoms with Gasteiger partial charge in [-0.25, -0.2) is 4.98 Å². The van der Waals surface area contributed by atoms with Crippen molar-refractivity contribution in [2.75, 3.05) is 50.9 Å². The Kier molecular flexibility index (Phi) is 10.6. The number of nitrogens with zero attached hydrogens (tertiary/aromatic N) is 3. The molecule has 190 valence electrons. The molecule has 1 aromatic heterocycles. The number of halogens is 2. The summed E-state index contributed by atoms with van der Waals surface area (Å²) in [5.41, 5.74) is 2.54. The minimum atomic E-state index is -0.0510. The lowest BCUT2D eigenvalue weighted by atomic mass is 10.2. The van der Waals surface area contributed by atoms with Crippen LogP contribution < -0.4 is 9.64 Å². The minimum absolute atomic E-state index is 0. The van der Waals surface area contributed by atoms with Crippen molar-refractivity contribution < 1.29 is 14.3 Å². The molecule has 2 heterocycles. The zero-order valence-corrected chi connectivity index (χ0v) is 22.7. The Morgan fingerprint density at radius 1 is 1.20 bits per heavy atom. The molecule has 1 amide bonds. The molecule has 0 radical (unpaired) electrons. The molecule has 1 aliphatic rings. The zero-order valence-electron chi connectivity index (χ0n) is 20.3. The summed E-state index contributed by atoms with van der Waals surface area (Å²) in [7, 11) is 0. The maximum atomic E-state index is 13.6. The number of fused-ring (bicyclic) bond motifs is 1. The highest BCUT2D eigenvalue weighted by molar-refractivity contribution is 7.22. The van der Waals surface area contributed by atoms with Gasteiger partial charge in [-0.1, -0.05) is 36.3 Å². The number of carbonyl (C=O) groups is 1. The third-order valence-corrected chi connectivity index (χ3v) is 7.19. The van der Waals surface area contributed by atoms with E-state index >= 15 is 0 Å². The number of carbonyl (C=O) groups excluding carboxylic acids is 1. The van der Waals surface area contributed by atoms with Crippen LogP contribution in [0.15, 0.2) is 36.4 Å². The molecule has 0 saturated carbocycles. The van der Waals surface area contributed by atoms with E-state index in [1.165, 1.54) is 11.3 Å². The highest BCUT2D eigenvalue weighted by Gasteiger charge is 2.22. The zero-order chi connectivity index (χ0) is 23.9. The van der Waals surface area contributed by atoms with E-state index in [-0.39, 0.29) is 18.3 Å². The number of thiazole rings is 1. The summed E-state index contributed by atoms with van der Waals surface area (Å²) in [6, 6.07) is 11.3. The first-order valence-corrected chi connectivity index (χ1v) is 13.2. The Morgan fingerprint density at radius 2 is 1.94 bits per heavy atom. The first-order valence-electron chi connectivity index (χ1n) is 12.0. The third kappa shape index (κ3) is 7.30. The van der Waals surface area contributed by atoms with Gasteiger partial charge in [0.05, 0.1) is 30.0 Å². The van der Waals surface area contributed by atoms with Gasteiger partial charge in [0.25, 0.3) is 5.91 Å². The largest absolute Gasteiger partial charge is 0.494 e. The normalized spacial score (nSPS) is 14.0. The Labute approximate surface area is 222 Å². The highest BCUT2D eigenvalue weighted by atomic mass is 35.5. The van der Waals surface area contributed by atoms with Gasteiger partial charge in [-0.15, -0.1) is 12.4 Å². The average molecular weight is 539 g/mol. The van der Waals surface area contributed by atoms with E-state index in [1.807, 2.05) is 48.2 Å². The molecule has 0 bridgehead atoms. The number of hydrogen-bond acceptors (Lipinski definition) is 6. The number of morpholine rings is 1. The molecule has 1 aliphatic heterocycles. The summed E-state index contributed by atoms with van der Waals surface area (Å²) in [5, 5.41) is 1.39. The minimum Gasteiger partial charge on any atom is -0.494 e. The average Bonchev–Trinajstić information content (AvgIpc) is 3.27. The van der Waals surface area contributed by atoms with Gasteiger partial charge in [0.15, 0.2) is 5.13 Å². The third-order valence-electron chi connectivity index (χ3n) is 5.94. The van der Waals surface area contributed by atoms with Gasteiger partial charge in [-0.2, -0.15) is 0 Å². The van der Waals surface area contributed by atoms with E-state index in [2.05, 4.69) is 11.8 Å². The first-order chi connectivity index (χ1) is 16.5. The molecule has 1 fully saturated rings. The maximum absolute atomic E-state index is 13.6. The van der Waals surface area contributed by atoms with Gasteiger partial charge in [0, 0.05) is 36.8 Å². The Hall–Kier alpha value is -1.90. The van der Waals surface area contributed by atoms with Crippen molar-refractivity contribution in [3.63, 3.8) is 0 Å². The van der Waals surface area contributed by atoms with Crippen LogP contribution in [0.2, 0.25) is 5.02 Å². The molecule has 6 nitrogen and oxygen atoms in total. The first kappa shape index (κ1) is 27.7. The topological polar surface area (TPSA) is 54.9 Å². The molecule has 0 N–H and O–H groups in total. The van der Waals surface area contributed by atoms with E-state index in [4.69, 9.17) is 26.1 Å².